The first-order chi connectivity index (χ1) is 13.2. The maximum atomic E-state index is 13.5. The van der Waals surface area contributed by atoms with Gasteiger partial charge in [0, 0.05) is 12.6 Å². The first kappa shape index (κ1) is 20.3. The topological polar surface area (TPSA) is 63.7 Å². The zero-order valence-corrected chi connectivity index (χ0v) is 16.8. The van der Waals surface area contributed by atoms with Gasteiger partial charge in [-0.3, -0.25) is 4.79 Å². The van der Waals surface area contributed by atoms with Gasteiger partial charge in [0.15, 0.2) is 16.4 Å². The summed E-state index contributed by atoms with van der Waals surface area (Å²) in [5.74, 6) is -0.138. The van der Waals surface area contributed by atoms with Crippen molar-refractivity contribution < 1.29 is 22.3 Å². The fourth-order valence-electron chi connectivity index (χ4n) is 3.31. The molecule has 0 unspecified atom stereocenters. The highest BCUT2D eigenvalue weighted by Gasteiger charge is 2.34. The van der Waals surface area contributed by atoms with E-state index in [1.165, 1.54) is 17.0 Å². The Balaban J connectivity index is 1.75. The van der Waals surface area contributed by atoms with Crippen molar-refractivity contribution in [3.8, 4) is 5.75 Å². The highest BCUT2D eigenvalue weighted by atomic mass is 32.2. The highest BCUT2D eigenvalue weighted by Crippen LogP contribution is 2.22. The van der Waals surface area contributed by atoms with Crippen LogP contribution >= 0.6 is 0 Å². The predicted molar refractivity (Wildman–Crippen MR) is 105 cm³/mol. The van der Waals surface area contributed by atoms with E-state index < -0.39 is 21.7 Å². The van der Waals surface area contributed by atoms with Crippen LogP contribution in [0, 0.1) is 19.7 Å². The van der Waals surface area contributed by atoms with Crippen molar-refractivity contribution >= 4 is 15.7 Å². The first-order valence-electron chi connectivity index (χ1n) is 9.18. The normalized spacial score (nSPS) is 18.0. The summed E-state index contributed by atoms with van der Waals surface area (Å²) in [6, 6.07) is 11.1. The molecule has 0 N–H and O–H groups in total. The Morgan fingerprint density at radius 2 is 1.96 bits per heavy atom. The van der Waals surface area contributed by atoms with Crippen molar-refractivity contribution in [1.82, 2.24) is 4.90 Å². The maximum absolute atomic E-state index is 13.5. The second-order valence-corrected chi connectivity index (χ2v) is 9.47. The Bertz CT molecular complexity index is 974. The molecule has 0 aromatic heterocycles. The number of hydrogen-bond acceptors (Lipinski definition) is 4. The highest BCUT2D eigenvalue weighted by molar-refractivity contribution is 7.91. The summed E-state index contributed by atoms with van der Waals surface area (Å²) in [4.78, 5) is 14.4. The van der Waals surface area contributed by atoms with E-state index in [4.69, 9.17) is 4.74 Å². The SMILES string of the molecule is Cc1ccc(OCC(=O)N(Cc2cccc(F)c2)[C@@H]2CCS(=O)(=O)C2)cc1C. The molecule has 0 saturated carbocycles. The van der Waals surface area contributed by atoms with E-state index in [0.717, 1.165) is 11.1 Å². The fourth-order valence-corrected chi connectivity index (χ4v) is 5.04. The zero-order valence-electron chi connectivity index (χ0n) is 16.0. The van der Waals surface area contributed by atoms with Crippen LogP contribution < -0.4 is 4.74 Å². The largest absolute Gasteiger partial charge is 0.484 e. The number of benzene rings is 2. The summed E-state index contributed by atoms with van der Waals surface area (Å²) in [6.07, 6.45) is 0.382. The minimum absolute atomic E-state index is 0.0581. The Hall–Kier alpha value is -2.41. The van der Waals surface area contributed by atoms with Gasteiger partial charge in [0.1, 0.15) is 11.6 Å². The Labute approximate surface area is 165 Å². The van der Waals surface area contributed by atoms with Crippen LogP contribution in [0.5, 0.6) is 5.75 Å². The van der Waals surface area contributed by atoms with E-state index in [-0.39, 0.29) is 30.6 Å². The van der Waals surface area contributed by atoms with Crippen LogP contribution in [0.1, 0.15) is 23.1 Å². The van der Waals surface area contributed by atoms with Crippen LogP contribution in [0.2, 0.25) is 0 Å². The van der Waals surface area contributed by atoms with Crippen LogP contribution in [-0.2, 0) is 21.2 Å². The molecular formula is C21H24FNO4S. The molecule has 1 heterocycles. The van der Waals surface area contributed by atoms with Crippen molar-refractivity contribution in [3.05, 3.63) is 65.0 Å². The standard InChI is InChI=1S/C21H24FNO4S/c1-15-6-7-20(10-16(15)2)27-13-21(24)23(19-8-9-28(25,26)14-19)12-17-4-3-5-18(22)11-17/h3-7,10-11,19H,8-9,12-14H2,1-2H3/t19-/m1/s1. The van der Waals surface area contributed by atoms with Crippen molar-refractivity contribution in [1.29, 1.82) is 0 Å². The van der Waals surface area contributed by atoms with Gasteiger partial charge in [-0.25, -0.2) is 12.8 Å². The smallest absolute Gasteiger partial charge is 0.261 e. The molecule has 1 saturated heterocycles. The molecule has 5 nitrogen and oxygen atoms in total. The van der Waals surface area contributed by atoms with Crippen LogP contribution in [0.25, 0.3) is 0 Å². The molecule has 0 aliphatic carbocycles. The third-order valence-electron chi connectivity index (χ3n) is 5.05. The summed E-state index contributed by atoms with van der Waals surface area (Å²) in [5, 5.41) is 0. The first-order valence-corrected chi connectivity index (χ1v) is 11.0. The molecule has 0 bridgehead atoms. The number of aryl methyl sites for hydroxylation is 2. The molecule has 1 fully saturated rings. The third-order valence-corrected chi connectivity index (χ3v) is 6.80. The van der Waals surface area contributed by atoms with Gasteiger partial charge in [0.05, 0.1) is 11.5 Å². The van der Waals surface area contributed by atoms with Gasteiger partial charge in [0.25, 0.3) is 5.91 Å². The maximum Gasteiger partial charge on any atom is 0.261 e. The lowest BCUT2D eigenvalue weighted by atomic mass is 10.1. The molecule has 28 heavy (non-hydrogen) atoms. The van der Waals surface area contributed by atoms with Gasteiger partial charge < -0.3 is 9.64 Å². The van der Waals surface area contributed by atoms with Crippen LogP contribution in [-0.4, -0.2) is 43.4 Å². The quantitative estimate of drug-likeness (QED) is 0.741. The molecule has 1 aliphatic heterocycles. The van der Waals surface area contributed by atoms with Crippen molar-refractivity contribution in [2.24, 2.45) is 0 Å². The van der Waals surface area contributed by atoms with Crippen molar-refractivity contribution in [2.75, 3.05) is 18.1 Å². The van der Waals surface area contributed by atoms with Crippen LogP contribution in [0.3, 0.4) is 0 Å². The van der Waals surface area contributed by atoms with Crippen molar-refractivity contribution in [2.45, 2.75) is 32.9 Å². The second-order valence-electron chi connectivity index (χ2n) is 7.24. The minimum atomic E-state index is -3.16. The summed E-state index contributed by atoms with van der Waals surface area (Å²) >= 11 is 0. The number of ether oxygens (including phenoxy) is 1. The number of sulfone groups is 1. The number of rotatable bonds is 6. The van der Waals surface area contributed by atoms with Gasteiger partial charge in [-0.05, 0) is 61.2 Å². The van der Waals surface area contributed by atoms with E-state index in [2.05, 4.69) is 0 Å². The van der Waals surface area contributed by atoms with E-state index in [0.29, 0.717) is 17.7 Å². The summed E-state index contributed by atoms with van der Waals surface area (Å²) in [7, 11) is -3.16. The molecule has 1 aliphatic rings. The Morgan fingerprint density at radius 1 is 1.18 bits per heavy atom. The number of halogens is 1. The Kier molecular flexibility index (Phi) is 6.03. The summed E-state index contributed by atoms with van der Waals surface area (Å²) in [6.45, 7) is 3.90. The van der Waals surface area contributed by atoms with Gasteiger partial charge in [0.2, 0.25) is 0 Å². The number of hydrogen-bond donors (Lipinski definition) is 0. The second kappa shape index (κ2) is 8.31. The van der Waals surface area contributed by atoms with E-state index in [1.807, 2.05) is 26.0 Å². The zero-order chi connectivity index (χ0) is 20.3. The molecule has 7 heteroatoms. The van der Waals surface area contributed by atoms with Crippen LogP contribution in [0.4, 0.5) is 4.39 Å². The van der Waals surface area contributed by atoms with E-state index >= 15 is 0 Å². The van der Waals surface area contributed by atoms with Crippen LogP contribution in [0.15, 0.2) is 42.5 Å². The number of amides is 1. The molecule has 2 aromatic carbocycles. The lowest BCUT2D eigenvalue weighted by Crippen LogP contribution is -2.43. The van der Waals surface area contributed by atoms with E-state index in [9.17, 15) is 17.6 Å². The minimum Gasteiger partial charge on any atom is -0.484 e. The molecule has 3 rings (SSSR count). The Morgan fingerprint density at radius 3 is 2.61 bits per heavy atom. The molecule has 0 spiro atoms. The average molecular weight is 405 g/mol. The third kappa shape index (κ3) is 5.10. The fraction of sp³-hybridized carbons (Fsp3) is 0.381. The molecular weight excluding hydrogens is 381 g/mol. The predicted octanol–water partition coefficient (Wildman–Crippen LogP) is 3.04. The molecule has 1 atom stereocenters. The van der Waals surface area contributed by atoms with Crippen molar-refractivity contribution in [3.63, 3.8) is 0 Å². The monoisotopic (exact) mass is 405 g/mol. The van der Waals surface area contributed by atoms with Gasteiger partial charge in [-0.1, -0.05) is 18.2 Å². The lowest BCUT2D eigenvalue weighted by Gasteiger charge is -2.28. The van der Waals surface area contributed by atoms with Gasteiger partial charge in [-0.15, -0.1) is 0 Å². The molecule has 1 amide bonds. The summed E-state index contributed by atoms with van der Waals surface area (Å²) in [5.41, 5.74) is 2.80. The number of carbonyl (C=O) groups excluding carboxylic acids is 1. The molecule has 0 radical (unpaired) electrons. The number of nitrogens with zero attached hydrogens (tertiary/aromatic N) is 1. The average Bonchev–Trinajstić information content (AvgIpc) is 3.00. The van der Waals surface area contributed by atoms with Gasteiger partial charge >= 0.3 is 0 Å². The lowest BCUT2D eigenvalue weighted by molar-refractivity contribution is -0.136. The summed E-state index contributed by atoms with van der Waals surface area (Å²) < 4.78 is 43.0. The van der Waals surface area contributed by atoms with Gasteiger partial charge in [-0.2, -0.15) is 0 Å². The molecule has 2 aromatic rings. The van der Waals surface area contributed by atoms with E-state index in [1.54, 1.807) is 18.2 Å². The molecule has 150 valence electrons. The number of carbonyl (C=O) groups is 1.